The Morgan fingerprint density at radius 2 is 1.88 bits per heavy atom. The van der Waals surface area contributed by atoms with Crippen LogP contribution in [0.5, 0.6) is 0 Å². The van der Waals surface area contributed by atoms with Crippen LogP contribution in [0, 0.1) is 13.8 Å². The predicted octanol–water partition coefficient (Wildman–Crippen LogP) is 6.41. The number of fused-ring (bicyclic) bond motifs is 1. The quantitative estimate of drug-likeness (QED) is 0.554. The topological polar surface area (TPSA) is 30.2 Å². The zero-order valence-electron chi connectivity index (χ0n) is 15.1. The fraction of sp³-hybridized carbons (Fsp3) is 0.381. The van der Waals surface area contributed by atoms with Gasteiger partial charge in [-0.05, 0) is 71.6 Å². The van der Waals surface area contributed by atoms with Crippen molar-refractivity contribution < 1.29 is 4.42 Å². The molecule has 0 atom stereocenters. The smallest absolute Gasteiger partial charge is 0.196 e. The first-order valence-corrected chi connectivity index (χ1v) is 9.11. The molecule has 0 saturated heterocycles. The molecule has 2 nitrogen and oxygen atoms in total. The fourth-order valence-corrected chi connectivity index (χ4v) is 3.18. The highest BCUT2D eigenvalue weighted by Gasteiger charge is 2.13. The van der Waals surface area contributed by atoms with Gasteiger partial charge < -0.3 is 4.42 Å². The molecule has 24 heavy (non-hydrogen) atoms. The Labute approximate surface area is 152 Å². The maximum Gasteiger partial charge on any atom is 0.196 e. The third-order valence-corrected chi connectivity index (χ3v) is 5.07. The minimum absolute atomic E-state index is 0.0700. The lowest BCUT2D eigenvalue weighted by atomic mass is 10.0. The van der Waals surface area contributed by atoms with Crippen molar-refractivity contribution in [2.24, 2.45) is 0 Å². The summed E-state index contributed by atoms with van der Waals surface area (Å²) in [7, 11) is 0. The van der Waals surface area contributed by atoms with Crippen LogP contribution in [-0.4, -0.2) is 0 Å². The monoisotopic (exact) mass is 388 g/mol. The van der Waals surface area contributed by atoms with E-state index < -0.39 is 0 Å². The third kappa shape index (κ3) is 4.27. The molecule has 0 spiro atoms. The molecule has 2 rings (SSSR count). The second-order valence-corrected chi connectivity index (χ2v) is 7.44. The van der Waals surface area contributed by atoms with E-state index in [1.165, 1.54) is 11.1 Å². The van der Waals surface area contributed by atoms with Crippen molar-refractivity contribution in [2.75, 3.05) is 0 Å². The molecule has 3 heteroatoms. The standard InChI is InChI=1S/C21H25BrO2/c1-13(2)7-6-8-14(3)9-10-17-18(22)11-12-19-20(17)21(23)15(4)16(5)24-19/h7,9,11-12H,6,8,10H2,1-5H3/b14-9-. The van der Waals surface area contributed by atoms with Crippen LogP contribution in [-0.2, 0) is 6.42 Å². The van der Waals surface area contributed by atoms with Crippen molar-refractivity contribution in [3.05, 3.63) is 67.0 Å². The summed E-state index contributed by atoms with van der Waals surface area (Å²) in [5.74, 6) is 0.689. The lowest BCUT2D eigenvalue weighted by Crippen LogP contribution is -2.10. The average molecular weight is 389 g/mol. The molecule has 1 aromatic heterocycles. The second-order valence-electron chi connectivity index (χ2n) is 6.59. The van der Waals surface area contributed by atoms with Gasteiger partial charge in [0.25, 0.3) is 0 Å². The molecule has 1 heterocycles. The molecule has 128 valence electrons. The van der Waals surface area contributed by atoms with Crippen molar-refractivity contribution in [3.8, 4) is 0 Å². The zero-order valence-corrected chi connectivity index (χ0v) is 16.7. The molecule has 0 radical (unpaired) electrons. The first kappa shape index (κ1) is 18.7. The van der Waals surface area contributed by atoms with E-state index in [1.807, 2.05) is 26.0 Å². The summed E-state index contributed by atoms with van der Waals surface area (Å²) in [6.07, 6.45) is 7.30. The molecule has 0 unspecified atom stereocenters. The van der Waals surface area contributed by atoms with Gasteiger partial charge >= 0.3 is 0 Å². The largest absolute Gasteiger partial charge is 0.461 e. The lowest BCUT2D eigenvalue weighted by Gasteiger charge is -2.09. The summed E-state index contributed by atoms with van der Waals surface area (Å²) >= 11 is 3.60. The van der Waals surface area contributed by atoms with Crippen LogP contribution < -0.4 is 5.43 Å². The van der Waals surface area contributed by atoms with Crippen LogP contribution in [0.15, 0.2) is 49.1 Å². The number of hydrogen-bond acceptors (Lipinski definition) is 2. The number of rotatable bonds is 5. The molecule has 0 aliphatic heterocycles. The van der Waals surface area contributed by atoms with Crippen molar-refractivity contribution in [2.45, 2.75) is 53.9 Å². The minimum atomic E-state index is 0.0700. The van der Waals surface area contributed by atoms with E-state index in [9.17, 15) is 4.79 Å². The van der Waals surface area contributed by atoms with Crippen LogP contribution in [0.1, 0.15) is 50.5 Å². The summed E-state index contributed by atoms with van der Waals surface area (Å²) in [6, 6.07) is 3.82. The van der Waals surface area contributed by atoms with Gasteiger partial charge in [-0.25, -0.2) is 0 Å². The molecular formula is C21H25BrO2. The molecule has 1 aromatic carbocycles. The van der Waals surface area contributed by atoms with Gasteiger partial charge in [-0.15, -0.1) is 0 Å². The average Bonchev–Trinajstić information content (AvgIpc) is 2.52. The Bertz CT molecular complexity index is 866. The number of aryl methyl sites for hydroxylation is 1. The SMILES string of the molecule is CC(C)=CCC/C(C)=C\Cc1c(Br)ccc2oc(C)c(C)c(=O)c12. The highest BCUT2D eigenvalue weighted by molar-refractivity contribution is 9.10. The molecule has 0 saturated carbocycles. The van der Waals surface area contributed by atoms with E-state index in [4.69, 9.17) is 4.42 Å². The van der Waals surface area contributed by atoms with E-state index in [0.29, 0.717) is 22.3 Å². The summed E-state index contributed by atoms with van der Waals surface area (Å²) in [5, 5.41) is 0.695. The van der Waals surface area contributed by atoms with Crippen LogP contribution >= 0.6 is 15.9 Å². The molecule has 0 bridgehead atoms. The van der Waals surface area contributed by atoms with Gasteiger partial charge in [-0.3, -0.25) is 4.79 Å². The summed E-state index contributed by atoms with van der Waals surface area (Å²) in [5.41, 5.74) is 5.11. The van der Waals surface area contributed by atoms with Gasteiger partial charge in [-0.1, -0.05) is 39.2 Å². The zero-order chi connectivity index (χ0) is 17.9. The van der Waals surface area contributed by atoms with Gasteiger partial charge in [0.15, 0.2) is 5.43 Å². The second kappa shape index (κ2) is 7.98. The number of hydrogen-bond donors (Lipinski definition) is 0. The van der Waals surface area contributed by atoms with Crippen molar-refractivity contribution in [1.29, 1.82) is 0 Å². The van der Waals surface area contributed by atoms with Crippen molar-refractivity contribution in [3.63, 3.8) is 0 Å². The Morgan fingerprint density at radius 1 is 1.17 bits per heavy atom. The summed E-state index contributed by atoms with van der Waals surface area (Å²) in [4.78, 5) is 12.7. The minimum Gasteiger partial charge on any atom is -0.461 e. The first-order chi connectivity index (χ1) is 11.3. The Hall–Kier alpha value is -1.61. The molecule has 0 fully saturated rings. The van der Waals surface area contributed by atoms with E-state index in [1.54, 1.807) is 0 Å². The molecular weight excluding hydrogens is 364 g/mol. The van der Waals surface area contributed by atoms with E-state index >= 15 is 0 Å². The van der Waals surface area contributed by atoms with E-state index in [-0.39, 0.29) is 5.43 Å². The maximum atomic E-state index is 12.7. The lowest BCUT2D eigenvalue weighted by molar-refractivity contribution is 0.558. The predicted molar refractivity (Wildman–Crippen MR) is 106 cm³/mol. The van der Waals surface area contributed by atoms with Gasteiger partial charge in [0.05, 0.1) is 5.39 Å². The third-order valence-electron chi connectivity index (χ3n) is 4.32. The normalized spacial score (nSPS) is 11.8. The number of allylic oxidation sites excluding steroid dienone is 4. The molecule has 2 aromatic rings. The Morgan fingerprint density at radius 3 is 2.54 bits per heavy atom. The molecule has 0 aliphatic carbocycles. The van der Waals surface area contributed by atoms with Crippen LogP contribution in [0.2, 0.25) is 0 Å². The van der Waals surface area contributed by atoms with Crippen LogP contribution in [0.3, 0.4) is 0 Å². The Kier molecular flexibility index (Phi) is 6.22. The van der Waals surface area contributed by atoms with Crippen molar-refractivity contribution >= 4 is 26.9 Å². The van der Waals surface area contributed by atoms with Gasteiger partial charge in [0, 0.05) is 10.0 Å². The Balaban J connectivity index is 2.38. The highest BCUT2D eigenvalue weighted by atomic mass is 79.9. The number of benzene rings is 1. The van der Waals surface area contributed by atoms with Gasteiger partial charge in [0.2, 0.25) is 0 Å². The molecule has 0 N–H and O–H groups in total. The fourth-order valence-electron chi connectivity index (χ4n) is 2.69. The van der Waals surface area contributed by atoms with Crippen LogP contribution in [0.25, 0.3) is 11.0 Å². The van der Waals surface area contributed by atoms with Crippen LogP contribution in [0.4, 0.5) is 0 Å². The maximum absolute atomic E-state index is 12.7. The first-order valence-electron chi connectivity index (χ1n) is 8.31. The molecule has 0 amide bonds. The number of halogens is 1. The summed E-state index contributed by atoms with van der Waals surface area (Å²) in [6.45, 7) is 10.1. The van der Waals surface area contributed by atoms with Crippen molar-refractivity contribution in [1.82, 2.24) is 0 Å². The van der Waals surface area contributed by atoms with Gasteiger partial charge in [0.1, 0.15) is 11.3 Å². The van der Waals surface area contributed by atoms with Gasteiger partial charge in [-0.2, -0.15) is 0 Å². The van der Waals surface area contributed by atoms with E-state index in [2.05, 4.69) is 48.9 Å². The van der Waals surface area contributed by atoms with E-state index in [0.717, 1.165) is 29.3 Å². The molecule has 0 aliphatic rings. The highest BCUT2D eigenvalue weighted by Crippen LogP contribution is 2.27. The summed E-state index contributed by atoms with van der Waals surface area (Å²) < 4.78 is 6.78.